The molecule has 3 N–H and O–H groups in total. The van der Waals surface area contributed by atoms with Crippen LogP contribution in [-0.4, -0.2) is 23.7 Å². The molecule has 0 radical (unpaired) electrons. The maximum atomic E-state index is 13.3. The summed E-state index contributed by atoms with van der Waals surface area (Å²) in [5, 5.41) is 8.89. The van der Waals surface area contributed by atoms with E-state index in [0.29, 0.717) is 12.5 Å². The third kappa shape index (κ3) is 4.49. The lowest BCUT2D eigenvalue weighted by atomic mass is 9.87. The SMILES string of the molecule is CCCCOC(=O)C(N)(CC(=O)O)c1cc(F)cc(F)c1. The Bertz CT molecular complexity index is 515. The van der Waals surface area contributed by atoms with Crippen LogP contribution in [0.25, 0.3) is 0 Å². The molecule has 0 fully saturated rings. The highest BCUT2D eigenvalue weighted by Crippen LogP contribution is 2.26. The van der Waals surface area contributed by atoms with Gasteiger partial charge in [0, 0.05) is 6.07 Å². The van der Waals surface area contributed by atoms with Gasteiger partial charge < -0.3 is 15.6 Å². The maximum Gasteiger partial charge on any atom is 0.331 e. The Morgan fingerprint density at radius 3 is 2.33 bits per heavy atom. The third-order valence-electron chi connectivity index (χ3n) is 2.90. The van der Waals surface area contributed by atoms with Crippen molar-refractivity contribution in [2.24, 2.45) is 5.73 Å². The van der Waals surface area contributed by atoms with Crippen LogP contribution >= 0.6 is 0 Å². The zero-order chi connectivity index (χ0) is 16.0. The smallest absolute Gasteiger partial charge is 0.331 e. The summed E-state index contributed by atoms with van der Waals surface area (Å²) in [7, 11) is 0. The molecular weight excluding hydrogens is 284 g/mol. The second-order valence-electron chi connectivity index (χ2n) is 4.69. The number of rotatable bonds is 7. The number of aliphatic carboxylic acids is 1. The van der Waals surface area contributed by atoms with Crippen molar-refractivity contribution < 1.29 is 28.2 Å². The van der Waals surface area contributed by atoms with Gasteiger partial charge in [-0.2, -0.15) is 0 Å². The van der Waals surface area contributed by atoms with E-state index in [-0.39, 0.29) is 12.2 Å². The molecule has 0 aromatic heterocycles. The normalized spacial score (nSPS) is 13.5. The molecule has 1 atom stereocenters. The number of carboxylic acid groups (broad SMARTS) is 1. The summed E-state index contributed by atoms with van der Waals surface area (Å²) >= 11 is 0. The standard InChI is InChI=1S/C14H17F2NO4/c1-2-3-4-21-13(20)14(17,8-12(18)19)9-5-10(15)7-11(16)6-9/h5-7H,2-4,8,17H2,1H3,(H,18,19). The van der Waals surface area contributed by atoms with Gasteiger partial charge in [-0.15, -0.1) is 0 Å². The number of hydrogen-bond acceptors (Lipinski definition) is 4. The van der Waals surface area contributed by atoms with Crippen LogP contribution in [0.5, 0.6) is 0 Å². The summed E-state index contributed by atoms with van der Waals surface area (Å²) in [6.07, 6.45) is 0.506. The number of esters is 1. The van der Waals surface area contributed by atoms with Crippen LogP contribution in [0.1, 0.15) is 31.7 Å². The van der Waals surface area contributed by atoms with Gasteiger partial charge in [0.1, 0.15) is 11.6 Å². The first-order valence-corrected chi connectivity index (χ1v) is 6.44. The molecule has 0 aliphatic rings. The number of carboxylic acids is 1. The van der Waals surface area contributed by atoms with E-state index in [2.05, 4.69) is 0 Å². The molecule has 0 spiro atoms. The Balaban J connectivity index is 3.12. The van der Waals surface area contributed by atoms with Crippen LogP contribution in [0.15, 0.2) is 18.2 Å². The Morgan fingerprint density at radius 1 is 1.29 bits per heavy atom. The van der Waals surface area contributed by atoms with Crippen molar-refractivity contribution in [3.63, 3.8) is 0 Å². The Kier molecular flexibility index (Phi) is 5.78. The molecule has 21 heavy (non-hydrogen) atoms. The van der Waals surface area contributed by atoms with E-state index >= 15 is 0 Å². The highest BCUT2D eigenvalue weighted by atomic mass is 19.1. The molecule has 0 heterocycles. The van der Waals surface area contributed by atoms with E-state index in [1.165, 1.54) is 0 Å². The second kappa shape index (κ2) is 7.12. The summed E-state index contributed by atoms with van der Waals surface area (Å²) in [4.78, 5) is 23.0. The van der Waals surface area contributed by atoms with Gasteiger partial charge in [-0.05, 0) is 24.1 Å². The molecule has 0 aliphatic heterocycles. The zero-order valence-corrected chi connectivity index (χ0v) is 11.6. The molecule has 7 heteroatoms. The number of carbonyl (C=O) groups is 2. The van der Waals surface area contributed by atoms with E-state index in [4.69, 9.17) is 15.6 Å². The van der Waals surface area contributed by atoms with E-state index in [9.17, 15) is 18.4 Å². The van der Waals surface area contributed by atoms with Gasteiger partial charge in [0.2, 0.25) is 0 Å². The van der Waals surface area contributed by atoms with Crippen molar-refractivity contribution in [1.82, 2.24) is 0 Å². The van der Waals surface area contributed by atoms with Crippen molar-refractivity contribution >= 4 is 11.9 Å². The largest absolute Gasteiger partial charge is 0.481 e. The molecule has 116 valence electrons. The van der Waals surface area contributed by atoms with Crippen LogP contribution in [0.2, 0.25) is 0 Å². The molecule has 1 aromatic rings. The fourth-order valence-electron chi connectivity index (χ4n) is 1.78. The predicted octanol–water partition coefficient (Wildman–Crippen LogP) is 1.94. The van der Waals surface area contributed by atoms with Gasteiger partial charge in [-0.1, -0.05) is 13.3 Å². The average Bonchev–Trinajstić information content (AvgIpc) is 2.36. The highest BCUT2D eigenvalue weighted by molar-refractivity contribution is 5.87. The van der Waals surface area contributed by atoms with Crippen LogP contribution in [0, 0.1) is 11.6 Å². The monoisotopic (exact) mass is 301 g/mol. The minimum atomic E-state index is -2.14. The van der Waals surface area contributed by atoms with Gasteiger partial charge in [-0.3, -0.25) is 4.79 Å². The molecule has 0 bridgehead atoms. The van der Waals surface area contributed by atoms with Gasteiger partial charge >= 0.3 is 11.9 Å². The number of benzene rings is 1. The zero-order valence-electron chi connectivity index (χ0n) is 11.6. The molecule has 0 saturated carbocycles. The lowest BCUT2D eigenvalue weighted by Gasteiger charge is -2.26. The van der Waals surface area contributed by atoms with Crippen LogP contribution < -0.4 is 5.73 Å². The topological polar surface area (TPSA) is 89.6 Å². The summed E-state index contributed by atoms with van der Waals surface area (Å²) in [6.45, 7) is 1.94. The Morgan fingerprint density at radius 2 is 1.86 bits per heavy atom. The lowest BCUT2D eigenvalue weighted by Crippen LogP contribution is -2.48. The number of unbranched alkanes of at least 4 members (excludes halogenated alkanes) is 1. The van der Waals surface area contributed by atoms with Crippen molar-refractivity contribution in [3.8, 4) is 0 Å². The molecule has 0 amide bonds. The van der Waals surface area contributed by atoms with Crippen molar-refractivity contribution in [2.75, 3.05) is 6.61 Å². The van der Waals surface area contributed by atoms with E-state index < -0.39 is 35.5 Å². The van der Waals surface area contributed by atoms with Crippen molar-refractivity contribution in [2.45, 2.75) is 31.7 Å². The lowest BCUT2D eigenvalue weighted by molar-refractivity contribution is -0.155. The second-order valence-corrected chi connectivity index (χ2v) is 4.69. The minimum Gasteiger partial charge on any atom is -0.481 e. The minimum absolute atomic E-state index is 0.0612. The number of ether oxygens (including phenoxy) is 1. The summed E-state index contributed by atoms with van der Waals surface area (Å²) in [5.41, 5.74) is 3.38. The first-order chi connectivity index (χ1) is 9.79. The fourth-order valence-corrected chi connectivity index (χ4v) is 1.78. The van der Waals surface area contributed by atoms with E-state index in [0.717, 1.165) is 18.6 Å². The first-order valence-electron chi connectivity index (χ1n) is 6.44. The van der Waals surface area contributed by atoms with Crippen molar-refractivity contribution in [1.29, 1.82) is 0 Å². The van der Waals surface area contributed by atoms with Gasteiger partial charge in [-0.25, -0.2) is 13.6 Å². The predicted molar refractivity (Wildman–Crippen MR) is 70.3 cm³/mol. The molecule has 1 aromatic carbocycles. The quantitative estimate of drug-likeness (QED) is 0.593. The Hall–Kier alpha value is -2.02. The molecule has 0 aliphatic carbocycles. The van der Waals surface area contributed by atoms with E-state index in [1.807, 2.05) is 6.92 Å². The molecular formula is C14H17F2NO4. The number of carbonyl (C=O) groups excluding carboxylic acids is 1. The fraction of sp³-hybridized carbons (Fsp3) is 0.429. The molecule has 1 unspecified atom stereocenters. The van der Waals surface area contributed by atoms with Gasteiger partial charge in [0.25, 0.3) is 0 Å². The summed E-state index contributed by atoms with van der Waals surface area (Å²) in [6, 6.07) is 2.26. The third-order valence-corrected chi connectivity index (χ3v) is 2.90. The first kappa shape index (κ1) is 17.0. The molecule has 1 rings (SSSR count). The van der Waals surface area contributed by atoms with Crippen LogP contribution in [0.3, 0.4) is 0 Å². The molecule has 0 saturated heterocycles. The van der Waals surface area contributed by atoms with Crippen LogP contribution in [-0.2, 0) is 19.9 Å². The average molecular weight is 301 g/mol. The number of halogens is 2. The van der Waals surface area contributed by atoms with Gasteiger partial charge in [0.05, 0.1) is 13.0 Å². The van der Waals surface area contributed by atoms with E-state index in [1.54, 1.807) is 0 Å². The Labute approximate surface area is 120 Å². The molecule has 5 nitrogen and oxygen atoms in total. The van der Waals surface area contributed by atoms with Gasteiger partial charge in [0.15, 0.2) is 5.54 Å². The van der Waals surface area contributed by atoms with Crippen LogP contribution in [0.4, 0.5) is 8.78 Å². The summed E-state index contributed by atoms with van der Waals surface area (Å²) in [5.74, 6) is -4.31. The number of hydrogen-bond donors (Lipinski definition) is 2. The maximum absolute atomic E-state index is 13.3. The number of nitrogens with two attached hydrogens (primary N) is 1. The van der Waals surface area contributed by atoms with Crippen molar-refractivity contribution in [3.05, 3.63) is 35.4 Å². The summed E-state index contributed by atoms with van der Waals surface area (Å²) < 4.78 is 31.5. The highest BCUT2D eigenvalue weighted by Gasteiger charge is 2.40.